The van der Waals surface area contributed by atoms with E-state index in [-0.39, 0.29) is 10.7 Å². The van der Waals surface area contributed by atoms with Gasteiger partial charge in [-0.2, -0.15) is 0 Å². The highest BCUT2D eigenvalue weighted by molar-refractivity contribution is 7.14. The molecule has 7 heteroatoms. The van der Waals surface area contributed by atoms with Crippen molar-refractivity contribution in [1.82, 2.24) is 4.98 Å². The number of nitrogens with one attached hydrogen (secondary N) is 1. The van der Waals surface area contributed by atoms with E-state index in [4.69, 9.17) is 16.7 Å². The fraction of sp³-hybridized carbons (Fsp3) is 0. The van der Waals surface area contributed by atoms with Gasteiger partial charge in [-0.1, -0.05) is 11.6 Å². The summed E-state index contributed by atoms with van der Waals surface area (Å²) in [6.45, 7) is 0. The van der Waals surface area contributed by atoms with Crippen LogP contribution in [0.15, 0.2) is 29.8 Å². The summed E-state index contributed by atoms with van der Waals surface area (Å²) < 4.78 is 0. The summed E-state index contributed by atoms with van der Waals surface area (Å²) in [5, 5.41) is 13.6. The molecule has 0 atom stereocenters. The zero-order chi connectivity index (χ0) is 13.1. The van der Waals surface area contributed by atoms with Gasteiger partial charge >= 0.3 is 5.97 Å². The molecule has 0 fully saturated rings. The van der Waals surface area contributed by atoms with Crippen LogP contribution in [0.3, 0.4) is 0 Å². The lowest BCUT2D eigenvalue weighted by Crippen LogP contribution is -2.13. The second-order valence-electron chi connectivity index (χ2n) is 3.29. The number of aromatic carboxylic acids is 1. The van der Waals surface area contributed by atoms with Gasteiger partial charge < -0.3 is 10.4 Å². The Hall–Kier alpha value is -1.92. The smallest absolute Gasteiger partial charge is 0.338 e. The van der Waals surface area contributed by atoms with Crippen LogP contribution in [0.25, 0.3) is 0 Å². The SMILES string of the molecule is O=C(Nc1sccc1C(=O)O)c1ccc(Cl)nc1. The third-order valence-corrected chi connectivity index (χ3v) is 3.17. The Bertz CT molecular complexity index is 595. The van der Waals surface area contributed by atoms with Crippen molar-refractivity contribution in [2.24, 2.45) is 0 Å². The van der Waals surface area contributed by atoms with Crippen molar-refractivity contribution in [1.29, 1.82) is 0 Å². The third kappa shape index (κ3) is 2.66. The predicted molar refractivity (Wildman–Crippen MR) is 68.5 cm³/mol. The van der Waals surface area contributed by atoms with Crippen molar-refractivity contribution < 1.29 is 14.7 Å². The quantitative estimate of drug-likeness (QED) is 0.849. The second-order valence-corrected chi connectivity index (χ2v) is 4.60. The van der Waals surface area contributed by atoms with Crippen LogP contribution in [-0.4, -0.2) is 22.0 Å². The second kappa shape index (κ2) is 5.16. The van der Waals surface area contributed by atoms with E-state index in [9.17, 15) is 9.59 Å². The fourth-order valence-electron chi connectivity index (χ4n) is 1.26. The molecule has 92 valence electrons. The molecular formula is C11H7ClN2O3S. The van der Waals surface area contributed by atoms with Crippen LogP contribution in [0.4, 0.5) is 5.00 Å². The summed E-state index contributed by atoms with van der Waals surface area (Å²) in [4.78, 5) is 26.5. The Balaban J connectivity index is 2.19. The number of hydrogen-bond donors (Lipinski definition) is 2. The van der Waals surface area contributed by atoms with Gasteiger partial charge in [0.25, 0.3) is 5.91 Å². The molecule has 2 N–H and O–H groups in total. The van der Waals surface area contributed by atoms with Gasteiger partial charge in [0, 0.05) is 6.20 Å². The van der Waals surface area contributed by atoms with E-state index < -0.39 is 11.9 Å². The average molecular weight is 283 g/mol. The molecular weight excluding hydrogens is 276 g/mol. The Kier molecular flexibility index (Phi) is 3.59. The van der Waals surface area contributed by atoms with Crippen LogP contribution in [-0.2, 0) is 0 Å². The lowest BCUT2D eigenvalue weighted by atomic mass is 10.2. The van der Waals surface area contributed by atoms with E-state index in [2.05, 4.69) is 10.3 Å². The van der Waals surface area contributed by atoms with Crippen LogP contribution in [0, 0.1) is 0 Å². The van der Waals surface area contributed by atoms with Crippen LogP contribution < -0.4 is 5.32 Å². The number of carboxylic acid groups (broad SMARTS) is 1. The summed E-state index contributed by atoms with van der Waals surface area (Å²) in [7, 11) is 0. The van der Waals surface area contributed by atoms with Gasteiger partial charge in [0.1, 0.15) is 10.2 Å². The Labute approximate surface area is 111 Å². The van der Waals surface area contributed by atoms with Crippen molar-refractivity contribution in [3.05, 3.63) is 46.1 Å². The molecule has 2 heterocycles. The van der Waals surface area contributed by atoms with Crippen LogP contribution >= 0.6 is 22.9 Å². The number of hydrogen-bond acceptors (Lipinski definition) is 4. The number of anilines is 1. The zero-order valence-corrected chi connectivity index (χ0v) is 10.5. The summed E-state index contributed by atoms with van der Waals surface area (Å²) in [5.41, 5.74) is 0.374. The largest absolute Gasteiger partial charge is 0.478 e. The number of amides is 1. The number of carbonyl (C=O) groups excluding carboxylic acids is 1. The molecule has 0 aliphatic carbocycles. The molecule has 1 amide bonds. The Morgan fingerprint density at radius 3 is 2.72 bits per heavy atom. The highest BCUT2D eigenvalue weighted by Crippen LogP contribution is 2.23. The third-order valence-electron chi connectivity index (χ3n) is 2.11. The highest BCUT2D eigenvalue weighted by atomic mass is 35.5. The zero-order valence-electron chi connectivity index (χ0n) is 8.88. The minimum Gasteiger partial charge on any atom is -0.478 e. The number of halogens is 1. The van der Waals surface area contributed by atoms with E-state index in [1.165, 1.54) is 24.4 Å². The predicted octanol–water partition coefficient (Wildman–Crippen LogP) is 2.75. The molecule has 0 aliphatic heterocycles. The number of nitrogens with zero attached hydrogens (tertiary/aromatic N) is 1. The summed E-state index contributed by atoms with van der Waals surface area (Å²) in [6.07, 6.45) is 1.33. The molecule has 0 aliphatic rings. The van der Waals surface area contributed by atoms with Gasteiger partial charge in [0.2, 0.25) is 0 Å². The van der Waals surface area contributed by atoms with Gasteiger partial charge in [0.05, 0.1) is 11.1 Å². The van der Waals surface area contributed by atoms with E-state index in [1.807, 2.05) is 0 Å². The number of carbonyl (C=O) groups is 2. The maximum absolute atomic E-state index is 11.8. The lowest BCUT2D eigenvalue weighted by Gasteiger charge is -2.03. The maximum atomic E-state index is 11.8. The molecule has 0 unspecified atom stereocenters. The molecule has 2 rings (SSSR count). The minimum atomic E-state index is -1.08. The van der Waals surface area contributed by atoms with E-state index in [0.717, 1.165) is 11.3 Å². The van der Waals surface area contributed by atoms with E-state index in [0.29, 0.717) is 10.6 Å². The topological polar surface area (TPSA) is 79.3 Å². The van der Waals surface area contributed by atoms with E-state index >= 15 is 0 Å². The van der Waals surface area contributed by atoms with Gasteiger partial charge in [-0.05, 0) is 23.6 Å². The summed E-state index contributed by atoms with van der Waals surface area (Å²) >= 11 is 6.75. The Morgan fingerprint density at radius 2 is 2.11 bits per heavy atom. The summed E-state index contributed by atoms with van der Waals surface area (Å²) in [5.74, 6) is -1.51. The van der Waals surface area contributed by atoms with Gasteiger partial charge in [-0.25, -0.2) is 9.78 Å². The first kappa shape index (κ1) is 12.5. The van der Waals surface area contributed by atoms with Crippen molar-refractivity contribution >= 4 is 39.8 Å². The molecule has 0 saturated heterocycles. The van der Waals surface area contributed by atoms with Crippen molar-refractivity contribution in [3.63, 3.8) is 0 Å². The molecule has 0 radical (unpaired) electrons. The van der Waals surface area contributed by atoms with Gasteiger partial charge in [0.15, 0.2) is 0 Å². The molecule has 0 bridgehead atoms. The standard InChI is InChI=1S/C11H7ClN2O3S/c12-8-2-1-6(5-13-8)9(15)14-10-7(11(16)17)3-4-18-10/h1-5H,(H,14,15)(H,16,17). The van der Waals surface area contributed by atoms with Crippen LogP contribution in [0.2, 0.25) is 5.15 Å². The summed E-state index contributed by atoms with van der Waals surface area (Å²) in [6, 6.07) is 4.43. The first-order valence-electron chi connectivity index (χ1n) is 4.81. The highest BCUT2D eigenvalue weighted by Gasteiger charge is 2.14. The molecule has 0 aromatic carbocycles. The average Bonchev–Trinajstić information content (AvgIpc) is 2.78. The van der Waals surface area contributed by atoms with Crippen molar-refractivity contribution in [2.75, 3.05) is 5.32 Å². The van der Waals surface area contributed by atoms with Crippen LogP contribution in [0.1, 0.15) is 20.7 Å². The first-order valence-corrected chi connectivity index (χ1v) is 6.07. The van der Waals surface area contributed by atoms with Crippen molar-refractivity contribution in [2.45, 2.75) is 0 Å². The van der Waals surface area contributed by atoms with Gasteiger partial charge in [-0.15, -0.1) is 11.3 Å². The number of aromatic nitrogens is 1. The molecule has 0 saturated carbocycles. The molecule has 2 aromatic heterocycles. The van der Waals surface area contributed by atoms with Crippen LogP contribution in [0.5, 0.6) is 0 Å². The fourth-order valence-corrected chi connectivity index (χ4v) is 2.15. The first-order chi connectivity index (χ1) is 8.58. The van der Waals surface area contributed by atoms with Gasteiger partial charge in [-0.3, -0.25) is 4.79 Å². The molecule has 2 aromatic rings. The number of carboxylic acids is 1. The molecule has 5 nitrogen and oxygen atoms in total. The number of thiophene rings is 1. The minimum absolute atomic E-state index is 0.0651. The molecule has 0 spiro atoms. The lowest BCUT2D eigenvalue weighted by molar-refractivity contribution is 0.0698. The Morgan fingerprint density at radius 1 is 1.33 bits per heavy atom. The molecule has 18 heavy (non-hydrogen) atoms. The van der Waals surface area contributed by atoms with E-state index in [1.54, 1.807) is 5.38 Å². The maximum Gasteiger partial charge on any atom is 0.338 e. The monoisotopic (exact) mass is 282 g/mol. The number of rotatable bonds is 3. The van der Waals surface area contributed by atoms with Crippen molar-refractivity contribution in [3.8, 4) is 0 Å². The number of pyridine rings is 1. The normalized spacial score (nSPS) is 10.1.